The number of rotatable bonds is 7. The van der Waals surface area contributed by atoms with Gasteiger partial charge in [0.25, 0.3) is 0 Å². The third kappa shape index (κ3) is 6.56. The molecule has 2 amide bonds. The molecule has 0 bridgehead atoms. The maximum Gasteiger partial charge on any atom is 0.244 e. The second-order valence-electron chi connectivity index (χ2n) is 10.3. The third-order valence-corrected chi connectivity index (χ3v) is 7.55. The van der Waals surface area contributed by atoms with Crippen LogP contribution in [0.4, 0.5) is 0 Å². The zero-order chi connectivity index (χ0) is 25.5. The van der Waals surface area contributed by atoms with E-state index in [0.29, 0.717) is 12.5 Å². The highest BCUT2D eigenvalue weighted by Gasteiger charge is 2.29. The Kier molecular flexibility index (Phi) is 8.14. The van der Waals surface area contributed by atoms with Crippen molar-refractivity contribution < 1.29 is 9.59 Å². The monoisotopic (exact) mass is 496 g/mol. The van der Waals surface area contributed by atoms with E-state index in [9.17, 15) is 9.59 Å². The summed E-state index contributed by atoms with van der Waals surface area (Å²) < 4.78 is 1.92. The lowest BCUT2D eigenvalue weighted by molar-refractivity contribution is -0.137. The maximum atomic E-state index is 12.8. The summed E-state index contributed by atoms with van der Waals surface area (Å²) in [6, 6.07) is 20.4. The van der Waals surface area contributed by atoms with Gasteiger partial charge >= 0.3 is 0 Å². The van der Waals surface area contributed by atoms with Crippen molar-refractivity contribution in [1.29, 1.82) is 0 Å². The highest BCUT2D eigenvalue weighted by atomic mass is 16.2. The van der Waals surface area contributed by atoms with Gasteiger partial charge in [-0.15, -0.1) is 0 Å². The van der Waals surface area contributed by atoms with Crippen molar-refractivity contribution in [3.05, 3.63) is 84.1 Å². The van der Waals surface area contributed by atoms with E-state index < -0.39 is 0 Å². The molecule has 0 atom stereocenters. The Morgan fingerprint density at radius 1 is 0.892 bits per heavy atom. The molecule has 2 aromatic carbocycles. The molecule has 0 radical (unpaired) electrons. The number of benzene rings is 2. The fourth-order valence-electron chi connectivity index (χ4n) is 5.50. The molecular weight excluding hydrogens is 460 g/mol. The highest BCUT2D eigenvalue weighted by Crippen LogP contribution is 2.27. The average molecular weight is 497 g/mol. The minimum atomic E-state index is -0.105. The second kappa shape index (κ2) is 12.0. The van der Waals surface area contributed by atoms with Gasteiger partial charge in [-0.25, -0.2) is 0 Å². The molecule has 3 aromatic rings. The molecule has 1 aromatic heterocycles. The van der Waals surface area contributed by atoms with Gasteiger partial charge in [0.1, 0.15) is 0 Å². The Morgan fingerprint density at radius 3 is 2.27 bits per heavy atom. The molecule has 192 valence electrons. The van der Waals surface area contributed by atoms with E-state index in [1.54, 1.807) is 6.08 Å². The molecule has 1 N–H and O–H groups in total. The molecule has 2 fully saturated rings. The molecule has 1 saturated heterocycles. The van der Waals surface area contributed by atoms with E-state index in [1.165, 1.54) is 24.8 Å². The summed E-state index contributed by atoms with van der Waals surface area (Å²) in [6.45, 7) is 2.13. The Bertz CT molecular complexity index is 1200. The normalized spacial score (nSPS) is 17.2. The van der Waals surface area contributed by atoms with Crippen LogP contribution in [-0.2, 0) is 16.1 Å². The molecular formula is C31H36N4O2. The van der Waals surface area contributed by atoms with Crippen LogP contribution in [0.3, 0.4) is 0 Å². The van der Waals surface area contributed by atoms with Crippen LogP contribution in [0.25, 0.3) is 17.3 Å². The molecule has 6 nitrogen and oxygen atoms in total. The van der Waals surface area contributed by atoms with E-state index >= 15 is 0 Å². The fraction of sp³-hybridized carbons (Fsp3) is 0.387. The first-order valence-electron chi connectivity index (χ1n) is 13.6. The minimum Gasteiger partial charge on any atom is -0.350 e. The van der Waals surface area contributed by atoms with Crippen LogP contribution in [0.1, 0.15) is 56.1 Å². The molecule has 6 heteroatoms. The van der Waals surface area contributed by atoms with Crippen LogP contribution in [0, 0.1) is 5.92 Å². The number of nitrogens with zero attached hydrogens (tertiary/aromatic N) is 3. The lowest BCUT2D eigenvalue weighted by Gasteiger charge is -2.35. The Balaban J connectivity index is 1.20. The van der Waals surface area contributed by atoms with Gasteiger partial charge in [-0.05, 0) is 37.3 Å². The predicted octanol–water partition coefficient (Wildman–Crippen LogP) is 5.30. The molecule has 2 heterocycles. The van der Waals surface area contributed by atoms with Crippen LogP contribution in [0.2, 0.25) is 0 Å². The van der Waals surface area contributed by atoms with Crippen LogP contribution in [0.15, 0.2) is 72.9 Å². The van der Waals surface area contributed by atoms with Gasteiger partial charge in [-0.2, -0.15) is 5.10 Å². The maximum absolute atomic E-state index is 12.8. The molecule has 5 rings (SSSR count). The topological polar surface area (TPSA) is 67.2 Å². The van der Waals surface area contributed by atoms with Gasteiger partial charge < -0.3 is 10.2 Å². The van der Waals surface area contributed by atoms with Crippen LogP contribution < -0.4 is 5.32 Å². The zero-order valence-corrected chi connectivity index (χ0v) is 21.4. The van der Waals surface area contributed by atoms with Gasteiger partial charge in [0.15, 0.2) is 0 Å². The first kappa shape index (κ1) is 25.0. The van der Waals surface area contributed by atoms with E-state index in [2.05, 4.69) is 17.4 Å². The quantitative estimate of drug-likeness (QED) is 0.452. The number of likely N-dealkylation sites (tertiary alicyclic amines) is 1. The summed E-state index contributed by atoms with van der Waals surface area (Å²) in [4.78, 5) is 27.6. The lowest BCUT2D eigenvalue weighted by Crippen LogP contribution is -2.48. The van der Waals surface area contributed by atoms with E-state index in [0.717, 1.165) is 55.6 Å². The number of piperidine rings is 1. The van der Waals surface area contributed by atoms with Crippen LogP contribution in [-0.4, -0.2) is 45.6 Å². The molecule has 2 aliphatic rings. The molecule has 0 unspecified atom stereocenters. The van der Waals surface area contributed by atoms with Crippen molar-refractivity contribution in [2.75, 3.05) is 13.1 Å². The number of hydrogen-bond acceptors (Lipinski definition) is 3. The fourth-order valence-corrected chi connectivity index (χ4v) is 5.50. The van der Waals surface area contributed by atoms with E-state index in [4.69, 9.17) is 5.10 Å². The van der Waals surface area contributed by atoms with Crippen molar-refractivity contribution in [2.45, 2.75) is 57.5 Å². The molecule has 1 aliphatic heterocycles. The Labute approximate surface area is 219 Å². The number of aromatic nitrogens is 2. The number of nitrogens with one attached hydrogen (secondary N) is 1. The van der Waals surface area contributed by atoms with Crippen molar-refractivity contribution in [3.8, 4) is 11.3 Å². The minimum absolute atomic E-state index is 0.0990. The van der Waals surface area contributed by atoms with Gasteiger partial charge in [0.05, 0.1) is 12.2 Å². The van der Waals surface area contributed by atoms with Crippen molar-refractivity contribution >= 4 is 17.9 Å². The van der Waals surface area contributed by atoms with Crippen LogP contribution >= 0.6 is 0 Å². The number of hydrogen-bond donors (Lipinski definition) is 1. The number of amides is 2. The third-order valence-electron chi connectivity index (χ3n) is 7.55. The van der Waals surface area contributed by atoms with Crippen molar-refractivity contribution in [3.63, 3.8) is 0 Å². The summed E-state index contributed by atoms with van der Waals surface area (Å²) in [7, 11) is 0. The van der Waals surface area contributed by atoms with Crippen molar-refractivity contribution in [1.82, 2.24) is 20.0 Å². The number of carbonyl (C=O) groups excluding carboxylic acids is 2. The zero-order valence-electron chi connectivity index (χ0n) is 21.4. The van der Waals surface area contributed by atoms with Gasteiger partial charge in [0.2, 0.25) is 11.8 Å². The summed E-state index contributed by atoms with van der Waals surface area (Å²) in [5.41, 5.74) is 3.95. The Morgan fingerprint density at radius 2 is 1.57 bits per heavy atom. The first-order valence-corrected chi connectivity index (χ1v) is 13.6. The Hall–Kier alpha value is -3.67. The van der Waals surface area contributed by atoms with Gasteiger partial charge in [-0.1, -0.05) is 79.9 Å². The molecule has 37 heavy (non-hydrogen) atoms. The van der Waals surface area contributed by atoms with E-state index in [1.807, 2.05) is 70.4 Å². The second-order valence-corrected chi connectivity index (χ2v) is 10.3. The molecule has 0 spiro atoms. The lowest BCUT2D eigenvalue weighted by atomic mass is 9.87. The van der Waals surface area contributed by atoms with Crippen LogP contribution in [0.5, 0.6) is 0 Å². The first-order chi connectivity index (χ1) is 18.2. The molecule has 1 aliphatic carbocycles. The summed E-state index contributed by atoms with van der Waals surface area (Å²) in [5, 5.41) is 7.97. The van der Waals surface area contributed by atoms with E-state index in [-0.39, 0.29) is 17.9 Å². The summed E-state index contributed by atoms with van der Waals surface area (Å²) in [5.74, 6) is 0.432. The SMILES string of the molecule is O=C(C=Cc1cn(Cc2ccccc2)nc1-c1ccccc1)NC1CCN(C(=O)C2CCCCC2)CC1. The molecule has 1 saturated carbocycles. The average Bonchev–Trinajstić information content (AvgIpc) is 3.36. The highest BCUT2D eigenvalue weighted by molar-refractivity contribution is 5.93. The number of carbonyl (C=O) groups is 2. The predicted molar refractivity (Wildman–Crippen MR) is 147 cm³/mol. The van der Waals surface area contributed by atoms with Crippen molar-refractivity contribution in [2.24, 2.45) is 5.92 Å². The smallest absolute Gasteiger partial charge is 0.244 e. The largest absolute Gasteiger partial charge is 0.350 e. The van der Waals surface area contributed by atoms with Gasteiger partial charge in [0, 0.05) is 48.4 Å². The summed E-state index contributed by atoms with van der Waals surface area (Å²) >= 11 is 0. The summed E-state index contributed by atoms with van der Waals surface area (Å²) in [6.07, 6.45) is 12.7. The standard InChI is InChI=1S/C31H36N4O2/c36-29(32-28-18-20-34(21-19-28)31(37)26-14-8-3-9-15-26)17-16-27-23-35(22-24-10-4-1-5-11-24)33-30(27)25-12-6-2-7-13-25/h1-2,4-7,10-13,16-17,23,26,28H,3,8-9,14-15,18-22H2,(H,32,36). The van der Waals surface area contributed by atoms with Gasteiger partial charge in [-0.3, -0.25) is 14.3 Å².